The lowest BCUT2D eigenvalue weighted by atomic mass is 10.2. The summed E-state index contributed by atoms with van der Waals surface area (Å²) >= 11 is 0. The van der Waals surface area contributed by atoms with E-state index in [0.29, 0.717) is 0 Å². The number of fused-ring (bicyclic) bond motifs is 1. The first-order valence-electron chi connectivity index (χ1n) is 5.60. The van der Waals surface area contributed by atoms with Crippen molar-refractivity contribution in [2.24, 2.45) is 11.8 Å². The first kappa shape index (κ1) is 9.16. The molecular formula is C12H16N2O. The lowest BCUT2D eigenvalue weighted by Gasteiger charge is -2.22. The van der Waals surface area contributed by atoms with Crippen molar-refractivity contribution in [2.45, 2.75) is 20.0 Å². The second kappa shape index (κ2) is 3.20. The van der Waals surface area contributed by atoms with Crippen molar-refractivity contribution < 1.29 is 5.11 Å². The number of aliphatic hydroxyl groups is 1. The number of anilines is 1. The largest absolute Gasteiger partial charge is 0.390 e. The number of aryl methyl sites for hydroxylation is 1. The van der Waals surface area contributed by atoms with E-state index in [4.69, 9.17) is 5.11 Å². The normalized spacial score (nSPS) is 28.0. The lowest BCUT2D eigenvalue weighted by molar-refractivity contribution is 0.276. The van der Waals surface area contributed by atoms with Gasteiger partial charge in [0.05, 0.1) is 23.7 Å². The molecule has 2 fully saturated rings. The first-order valence-corrected chi connectivity index (χ1v) is 5.60. The van der Waals surface area contributed by atoms with E-state index in [-0.39, 0.29) is 6.61 Å². The Bertz CT molecular complexity index is 381. The third-order valence-corrected chi connectivity index (χ3v) is 3.60. The predicted molar refractivity (Wildman–Crippen MR) is 58.7 cm³/mol. The second-order valence-electron chi connectivity index (χ2n) is 4.73. The Hall–Kier alpha value is -1.09. The van der Waals surface area contributed by atoms with Crippen LogP contribution in [0.5, 0.6) is 0 Å². The van der Waals surface area contributed by atoms with Gasteiger partial charge < -0.3 is 10.0 Å². The molecule has 1 aromatic heterocycles. The summed E-state index contributed by atoms with van der Waals surface area (Å²) in [4.78, 5) is 6.82. The maximum atomic E-state index is 8.99. The highest BCUT2D eigenvalue weighted by molar-refractivity contribution is 5.52. The van der Waals surface area contributed by atoms with Gasteiger partial charge in [0.1, 0.15) is 0 Å². The van der Waals surface area contributed by atoms with Crippen LogP contribution in [0.4, 0.5) is 5.69 Å². The van der Waals surface area contributed by atoms with Gasteiger partial charge in [0.15, 0.2) is 0 Å². The minimum Gasteiger partial charge on any atom is -0.390 e. The number of nitrogens with zero attached hydrogens (tertiary/aromatic N) is 2. The zero-order valence-electron chi connectivity index (χ0n) is 8.98. The molecule has 0 radical (unpaired) electrons. The summed E-state index contributed by atoms with van der Waals surface area (Å²) in [5.74, 6) is 1.89. The maximum absolute atomic E-state index is 8.99. The number of rotatable bonds is 2. The number of pyridine rings is 1. The fourth-order valence-corrected chi connectivity index (χ4v) is 2.62. The molecule has 2 aliphatic rings. The van der Waals surface area contributed by atoms with E-state index >= 15 is 0 Å². The van der Waals surface area contributed by atoms with Gasteiger partial charge in [-0.2, -0.15) is 0 Å². The Morgan fingerprint density at radius 1 is 1.40 bits per heavy atom. The van der Waals surface area contributed by atoms with Crippen LogP contribution in [0.25, 0.3) is 0 Å². The van der Waals surface area contributed by atoms with Crippen LogP contribution in [0.3, 0.4) is 0 Å². The Morgan fingerprint density at radius 2 is 2.13 bits per heavy atom. The van der Waals surface area contributed by atoms with Crippen LogP contribution >= 0.6 is 0 Å². The Kier molecular flexibility index (Phi) is 1.96. The smallest absolute Gasteiger partial charge is 0.0853 e. The molecule has 1 saturated carbocycles. The van der Waals surface area contributed by atoms with Crippen molar-refractivity contribution in [3.63, 3.8) is 0 Å². The average Bonchev–Trinajstić information content (AvgIpc) is 2.85. The van der Waals surface area contributed by atoms with Gasteiger partial charge in [-0.05, 0) is 37.3 Å². The average molecular weight is 204 g/mol. The van der Waals surface area contributed by atoms with Gasteiger partial charge in [-0.25, -0.2) is 0 Å². The van der Waals surface area contributed by atoms with Crippen LogP contribution in [0, 0.1) is 18.8 Å². The monoisotopic (exact) mass is 204 g/mol. The summed E-state index contributed by atoms with van der Waals surface area (Å²) < 4.78 is 0. The Morgan fingerprint density at radius 3 is 2.73 bits per heavy atom. The fraction of sp³-hybridized carbons (Fsp3) is 0.583. The molecule has 0 spiro atoms. The molecule has 1 aliphatic heterocycles. The van der Waals surface area contributed by atoms with E-state index in [1.165, 1.54) is 25.2 Å². The molecule has 80 valence electrons. The molecule has 1 saturated heterocycles. The third-order valence-electron chi connectivity index (χ3n) is 3.60. The van der Waals surface area contributed by atoms with E-state index in [9.17, 15) is 0 Å². The van der Waals surface area contributed by atoms with Crippen molar-refractivity contribution in [1.29, 1.82) is 0 Å². The molecule has 15 heavy (non-hydrogen) atoms. The van der Waals surface area contributed by atoms with E-state index < -0.39 is 0 Å². The summed E-state index contributed by atoms with van der Waals surface area (Å²) in [7, 11) is 0. The molecule has 3 heteroatoms. The molecule has 0 aromatic carbocycles. The van der Waals surface area contributed by atoms with Gasteiger partial charge in [0.25, 0.3) is 0 Å². The summed E-state index contributed by atoms with van der Waals surface area (Å²) in [6, 6.07) is 4.02. The molecule has 0 bridgehead atoms. The highest BCUT2D eigenvalue weighted by Crippen LogP contribution is 2.46. The van der Waals surface area contributed by atoms with Gasteiger partial charge >= 0.3 is 0 Å². The first-order chi connectivity index (χ1) is 7.28. The molecule has 2 atom stereocenters. The van der Waals surface area contributed by atoms with Crippen molar-refractivity contribution in [1.82, 2.24) is 4.98 Å². The van der Waals surface area contributed by atoms with Crippen LogP contribution in [-0.2, 0) is 6.61 Å². The third kappa shape index (κ3) is 1.51. The number of hydrogen-bond acceptors (Lipinski definition) is 3. The zero-order chi connectivity index (χ0) is 10.4. The van der Waals surface area contributed by atoms with Crippen LogP contribution in [0.2, 0.25) is 0 Å². The van der Waals surface area contributed by atoms with Crippen molar-refractivity contribution >= 4 is 5.69 Å². The maximum Gasteiger partial charge on any atom is 0.0853 e. The number of aromatic nitrogens is 1. The van der Waals surface area contributed by atoms with Gasteiger partial charge in [-0.1, -0.05) is 0 Å². The van der Waals surface area contributed by atoms with Gasteiger partial charge in [0.2, 0.25) is 0 Å². The fourth-order valence-electron chi connectivity index (χ4n) is 2.62. The molecule has 1 N–H and O–H groups in total. The molecule has 2 unspecified atom stereocenters. The molecular weight excluding hydrogens is 188 g/mol. The Labute approximate surface area is 89.7 Å². The second-order valence-corrected chi connectivity index (χ2v) is 4.73. The van der Waals surface area contributed by atoms with Crippen molar-refractivity contribution in [3.8, 4) is 0 Å². The Balaban J connectivity index is 1.85. The van der Waals surface area contributed by atoms with E-state index in [1.807, 2.05) is 13.0 Å². The van der Waals surface area contributed by atoms with Gasteiger partial charge in [0, 0.05) is 13.1 Å². The van der Waals surface area contributed by atoms with E-state index in [1.54, 1.807) is 0 Å². The summed E-state index contributed by atoms with van der Waals surface area (Å²) in [6.07, 6.45) is 1.43. The van der Waals surface area contributed by atoms with Gasteiger partial charge in [-0.3, -0.25) is 4.98 Å². The molecule has 3 nitrogen and oxygen atoms in total. The van der Waals surface area contributed by atoms with Gasteiger partial charge in [-0.15, -0.1) is 0 Å². The molecule has 3 rings (SSSR count). The lowest BCUT2D eigenvalue weighted by Crippen LogP contribution is -2.23. The van der Waals surface area contributed by atoms with Crippen LogP contribution in [-0.4, -0.2) is 23.2 Å². The van der Waals surface area contributed by atoms with Crippen LogP contribution in [0.15, 0.2) is 12.1 Å². The highest BCUT2D eigenvalue weighted by Gasteiger charge is 2.45. The summed E-state index contributed by atoms with van der Waals surface area (Å²) in [6.45, 7) is 4.46. The number of piperidine rings is 1. The molecule has 0 amide bonds. The number of hydrogen-bond donors (Lipinski definition) is 1. The summed E-state index contributed by atoms with van der Waals surface area (Å²) in [5.41, 5.74) is 3.06. The molecule has 1 aliphatic carbocycles. The summed E-state index contributed by atoms with van der Waals surface area (Å²) in [5, 5.41) is 8.99. The van der Waals surface area contributed by atoms with E-state index in [2.05, 4.69) is 16.0 Å². The van der Waals surface area contributed by atoms with Crippen LogP contribution < -0.4 is 4.90 Å². The van der Waals surface area contributed by atoms with Crippen LogP contribution in [0.1, 0.15) is 17.8 Å². The predicted octanol–water partition coefficient (Wildman–Crippen LogP) is 1.34. The number of aliphatic hydroxyl groups excluding tert-OH is 1. The minimum atomic E-state index is 0.0341. The topological polar surface area (TPSA) is 36.4 Å². The minimum absolute atomic E-state index is 0.0341. The van der Waals surface area contributed by atoms with E-state index in [0.717, 1.165) is 23.2 Å². The highest BCUT2D eigenvalue weighted by atomic mass is 16.3. The molecule has 2 heterocycles. The SMILES string of the molecule is Cc1nc(CO)ccc1N1CC2CC2C1. The van der Waals surface area contributed by atoms with Crippen molar-refractivity contribution in [2.75, 3.05) is 18.0 Å². The van der Waals surface area contributed by atoms with Crippen molar-refractivity contribution in [3.05, 3.63) is 23.5 Å². The zero-order valence-corrected chi connectivity index (χ0v) is 8.98. The standard InChI is InChI=1S/C12H16N2O/c1-8-12(3-2-11(7-15)13-8)14-5-9-4-10(9)6-14/h2-3,9-10,15H,4-7H2,1H3. The quantitative estimate of drug-likeness (QED) is 0.789. The molecule has 1 aromatic rings.